The topological polar surface area (TPSA) is 56.7 Å². The van der Waals surface area contributed by atoms with E-state index in [4.69, 9.17) is 21.2 Å². The number of furan rings is 1. The average Bonchev–Trinajstić information content (AvgIpc) is 3.92. The van der Waals surface area contributed by atoms with Gasteiger partial charge in [-0.05, 0) is 30.3 Å². The average molecular weight is 676 g/mol. The number of fused-ring (bicyclic) bond motifs is 10. The molecule has 0 unspecified atom stereocenters. The zero-order valence-electron chi connectivity index (χ0n) is 31.7. The van der Waals surface area contributed by atoms with Gasteiger partial charge < -0.3 is 8.98 Å². The van der Waals surface area contributed by atoms with Crippen LogP contribution in [0.5, 0.6) is 0 Å². The SMILES string of the molecule is [2H]c1c([2H])c([2H])c(-c2nc(-c3ccccc3)nc(-c3ccc4c(c3)oc3c(-n5c6ccccc6c6ccc7c8ccccc8sc7c65)cccc34)n2)c([2H])c1[2H]. The van der Waals surface area contributed by atoms with Crippen LogP contribution in [-0.4, -0.2) is 19.5 Å². The van der Waals surface area contributed by atoms with Crippen LogP contribution in [0.3, 0.4) is 0 Å². The number of nitrogens with zero attached hydrogens (tertiary/aromatic N) is 4. The molecule has 11 rings (SSSR count). The summed E-state index contributed by atoms with van der Waals surface area (Å²) in [6, 6.07) is 40.7. The molecule has 4 heterocycles. The van der Waals surface area contributed by atoms with Crippen molar-refractivity contribution in [3.05, 3.63) is 158 Å². The maximum atomic E-state index is 8.66. The van der Waals surface area contributed by atoms with Crippen molar-refractivity contribution in [2.75, 3.05) is 0 Å². The third kappa shape index (κ3) is 4.30. The second kappa shape index (κ2) is 10.9. The van der Waals surface area contributed by atoms with Gasteiger partial charge in [0, 0.05) is 53.7 Å². The summed E-state index contributed by atoms with van der Waals surface area (Å²) in [4.78, 5) is 14.2. The van der Waals surface area contributed by atoms with E-state index in [0.29, 0.717) is 22.5 Å². The molecule has 0 atom stereocenters. The minimum atomic E-state index is -0.481. The highest BCUT2D eigenvalue weighted by Gasteiger charge is 2.21. The molecule has 0 spiro atoms. The van der Waals surface area contributed by atoms with Crippen molar-refractivity contribution in [1.82, 2.24) is 19.5 Å². The summed E-state index contributed by atoms with van der Waals surface area (Å²) in [6.07, 6.45) is 0. The second-order valence-electron chi connectivity index (χ2n) is 12.4. The summed E-state index contributed by atoms with van der Waals surface area (Å²) in [5.74, 6) is 0.567. The first kappa shape index (κ1) is 23.7. The van der Waals surface area contributed by atoms with Gasteiger partial charge in [-0.25, -0.2) is 15.0 Å². The van der Waals surface area contributed by atoms with Crippen molar-refractivity contribution in [1.29, 1.82) is 0 Å². The van der Waals surface area contributed by atoms with Gasteiger partial charge in [0.25, 0.3) is 0 Å². The van der Waals surface area contributed by atoms with E-state index in [0.717, 1.165) is 38.5 Å². The molecular weight excluding hydrogens is 645 g/mol. The molecule has 7 aromatic carbocycles. The fourth-order valence-electron chi connectivity index (χ4n) is 7.27. The number of para-hydroxylation sites is 2. The molecule has 0 fully saturated rings. The maximum Gasteiger partial charge on any atom is 0.164 e. The minimum Gasteiger partial charge on any atom is -0.454 e. The Kier molecular flexibility index (Phi) is 5.08. The van der Waals surface area contributed by atoms with Crippen LogP contribution in [0.4, 0.5) is 0 Å². The van der Waals surface area contributed by atoms with Gasteiger partial charge in [0.15, 0.2) is 23.1 Å². The first-order valence-electron chi connectivity index (χ1n) is 19.0. The van der Waals surface area contributed by atoms with Crippen LogP contribution >= 0.6 is 11.3 Å². The molecule has 238 valence electrons. The zero-order valence-corrected chi connectivity index (χ0v) is 27.5. The Labute approximate surface area is 302 Å². The summed E-state index contributed by atoms with van der Waals surface area (Å²) in [5.41, 5.74) is 5.73. The third-order valence-electron chi connectivity index (χ3n) is 9.55. The molecule has 6 heteroatoms. The van der Waals surface area contributed by atoms with Gasteiger partial charge in [-0.1, -0.05) is 127 Å². The molecule has 0 aliphatic heterocycles. The van der Waals surface area contributed by atoms with Gasteiger partial charge in [-0.15, -0.1) is 11.3 Å². The van der Waals surface area contributed by atoms with E-state index in [-0.39, 0.29) is 29.3 Å². The summed E-state index contributed by atoms with van der Waals surface area (Å²) in [7, 11) is 0. The minimum absolute atomic E-state index is 0.0169. The molecule has 0 bridgehead atoms. The van der Waals surface area contributed by atoms with Crippen LogP contribution in [0.2, 0.25) is 0 Å². The first-order valence-corrected chi connectivity index (χ1v) is 17.4. The lowest BCUT2D eigenvalue weighted by Crippen LogP contribution is -2.00. The quantitative estimate of drug-likeness (QED) is 0.186. The Bertz CT molecular complexity index is 3420. The van der Waals surface area contributed by atoms with Crippen molar-refractivity contribution in [3.8, 4) is 39.9 Å². The van der Waals surface area contributed by atoms with Gasteiger partial charge in [0.2, 0.25) is 0 Å². The molecule has 0 aliphatic carbocycles. The smallest absolute Gasteiger partial charge is 0.164 e. The molecule has 0 aliphatic rings. The molecule has 0 amide bonds. The number of benzene rings is 7. The van der Waals surface area contributed by atoms with Crippen LogP contribution in [0.1, 0.15) is 6.85 Å². The fourth-order valence-corrected chi connectivity index (χ4v) is 8.51. The molecule has 5 nitrogen and oxygen atoms in total. The molecule has 51 heavy (non-hydrogen) atoms. The maximum absolute atomic E-state index is 8.66. The lowest BCUT2D eigenvalue weighted by atomic mass is 10.1. The molecule has 0 saturated heterocycles. The van der Waals surface area contributed by atoms with Gasteiger partial charge in [-0.3, -0.25) is 0 Å². The lowest BCUT2D eigenvalue weighted by Gasteiger charge is -2.09. The highest BCUT2D eigenvalue weighted by atomic mass is 32.1. The van der Waals surface area contributed by atoms with Crippen molar-refractivity contribution >= 4 is 75.3 Å². The van der Waals surface area contributed by atoms with E-state index >= 15 is 0 Å². The summed E-state index contributed by atoms with van der Waals surface area (Å²) in [6.45, 7) is 0. The van der Waals surface area contributed by atoms with Crippen molar-refractivity contribution in [3.63, 3.8) is 0 Å². The standard InChI is InChI=1S/C45H26N4OS/c1-3-12-27(13-4-1)43-46-44(28-14-5-2-6-15-28)48-45(47-43)29-22-23-31-34-18-11-20-37(41(34)50-38(31)26-29)49-36-19-9-7-16-30(36)33-24-25-35-32-17-8-10-21-39(32)51-42(35)40(33)49/h1-26H/i1D,3D,4D,12D,13D. The number of aromatic nitrogens is 4. The molecule has 0 radical (unpaired) electrons. The van der Waals surface area contributed by atoms with E-state index in [1.165, 1.54) is 25.6 Å². The molecule has 4 aromatic heterocycles. The highest BCUT2D eigenvalue weighted by molar-refractivity contribution is 7.26. The fraction of sp³-hybridized carbons (Fsp3) is 0. The number of thiophene rings is 1. The predicted molar refractivity (Wildman–Crippen MR) is 211 cm³/mol. The van der Waals surface area contributed by atoms with Gasteiger partial charge >= 0.3 is 0 Å². The Morgan fingerprint density at radius 1 is 0.529 bits per heavy atom. The van der Waals surface area contributed by atoms with E-state index in [1.54, 1.807) is 11.3 Å². The number of hydrogen-bond donors (Lipinski definition) is 0. The van der Waals surface area contributed by atoms with E-state index < -0.39 is 18.1 Å². The third-order valence-corrected chi connectivity index (χ3v) is 10.7. The van der Waals surface area contributed by atoms with Crippen LogP contribution in [0, 0.1) is 0 Å². The van der Waals surface area contributed by atoms with Gasteiger partial charge in [0.05, 0.1) is 28.3 Å². The van der Waals surface area contributed by atoms with Crippen molar-refractivity contribution in [2.24, 2.45) is 0 Å². The normalized spacial score (nSPS) is 13.3. The second-order valence-corrected chi connectivity index (χ2v) is 13.5. The van der Waals surface area contributed by atoms with Gasteiger partial charge in [0.1, 0.15) is 5.58 Å². The highest BCUT2D eigenvalue weighted by Crippen LogP contribution is 2.44. The van der Waals surface area contributed by atoms with E-state index in [9.17, 15) is 0 Å². The van der Waals surface area contributed by atoms with Crippen molar-refractivity contribution < 1.29 is 11.3 Å². The number of hydrogen-bond acceptors (Lipinski definition) is 5. The Morgan fingerprint density at radius 2 is 1.22 bits per heavy atom. The molecule has 0 N–H and O–H groups in total. The van der Waals surface area contributed by atoms with Crippen LogP contribution in [-0.2, 0) is 0 Å². The monoisotopic (exact) mass is 675 g/mol. The molecule has 11 aromatic rings. The summed E-state index contributed by atoms with van der Waals surface area (Å²) in [5, 5.41) is 6.67. The van der Waals surface area contributed by atoms with E-state index in [1.807, 2.05) is 48.5 Å². The van der Waals surface area contributed by atoms with Crippen LogP contribution in [0.15, 0.2) is 162 Å². The first-order chi connectivity index (χ1) is 27.4. The van der Waals surface area contributed by atoms with Crippen LogP contribution in [0.25, 0.3) is 104 Å². The van der Waals surface area contributed by atoms with Crippen molar-refractivity contribution in [2.45, 2.75) is 0 Å². The Balaban J connectivity index is 1.14. The summed E-state index contributed by atoms with van der Waals surface area (Å²) < 4.78 is 53.6. The van der Waals surface area contributed by atoms with E-state index in [2.05, 4.69) is 88.4 Å². The largest absolute Gasteiger partial charge is 0.454 e. The number of rotatable bonds is 4. The summed E-state index contributed by atoms with van der Waals surface area (Å²) >= 11 is 1.80. The molecule has 0 saturated carbocycles. The lowest BCUT2D eigenvalue weighted by molar-refractivity contribution is 0.666. The van der Waals surface area contributed by atoms with Crippen LogP contribution < -0.4 is 0 Å². The molecular formula is C45H26N4OS. The Hall–Kier alpha value is -6.63. The van der Waals surface area contributed by atoms with Gasteiger partial charge in [-0.2, -0.15) is 0 Å². The Morgan fingerprint density at radius 3 is 2.08 bits per heavy atom. The zero-order chi connectivity index (χ0) is 37.8. The predicted octanol–water partition coefficient (Wildman–Crippen LogP) is 12.2.